The van der Waals surface area contributed by atoms with Gasteiger partial charge >= 0.3 is 12.1 Å². The van der Waals surface area contributed by atoms with Crippen LogP contribution in [0.2, 0.25) is 0 Å². The van der Waals surface area contributed by atoms with Gasteiger partial charge in [-0.3, -0.25) is 0 Å². The molecule has 0 amide bonds. The van der Waals surface area contributed by atoms with E-state index in [2.05, 4.69) is 5.10 Å². The summed E-state index contributed by atoms with van der Waals surface area (Å²) in [4.78, 5) is 12.5. The number of alkyl halides is 3. The molecule has 0 fully saturated rings. The number of aryl methyl sites for hydroxylation is 1. The van der Waals surface area contributed by atoms with Crippen molar-refractivity contribution in [2.24, 2.45) is 5.10 Å². The Morgan fingerprint density at radius 1 is 1.14 bits per heavy atom. The lowest BCUT2D eigenvalue weighted by molar-refractivity contribution is -0.154. The number of hydrogen-bond donors (Lipinski definition) is 1. The maximum atomic E-state index is 12.9. The summed E-state index contributed by atoms with van der Waals surface area (Å²) in [6.07, 6.45) is -4.05. The van der Waals surface area contributed by atoms with Crippen LogP contribution in [0.15, 0.2) is 52.5 Å². The molecule has 198 valence electrons. The van der Waals surface area contributed by atoms with Gasteiger partial charge in [0.25, 0.3) is 0 Å². The first-order valence-corrected chi connectivity index (χ1v) is 12.8. The van der Waals surface area contributed by atoms with Crippen LogP contribution in [-0.2, 0) is 11.0 Å². The molecular weight excluding hydrogens is 491 g/mol. The van der Waals surface area contributed by atoms with Gasteiger partial charge in [-0.25, -0.2) is 4.79 Å². The molecule has 36 heavy (non-hydrogen) atoms. The maximum absolute atomic E-state index is 12.9. The fraction of sp³-hybridized carbons (Fsp3) is 0.462. The highest BCUT2D eigenvalue weighted by Gasteiger charge is 2.35. The predicted molar refractivity (Wildman–Crippen MR) is 139 cm³/mol. The first-order chi connectivity index (χ1) is 16.9. The third-order valence-corrected chi connectivity index (χ3v) is 7.00. The lowest BCUT2D eigenvalue weighted by atomic mass is 10.0. The molecule has 1 N–H and O–H groups in total. The number of hydrazone groups is 1. The summed E-state index contributed by atoms with van der Waals surface area (Å²) in [6, 6.07) is 10.5. The van der Waals surface area contributed by atoms with Crippen molar-refractivity contribution >= 4 is 29.1 Å². The molecule has 0 aliphatic carbocycles. The topological polar surface area (TPSA) is 65.4 Å². The number of rotatable bonds is 8. The van der Waals surface area contributed by atoms with E-state index in [9.17, 15) is 23.1 Å². The molecule has 1 aliphatic heterocycles. The molecule has 2 aromatic carbocycles. The fourth-order valence-corrected chi connectivity index (χ4v) is 4.68. The zero-order valence-corrected chi connectivity index (χ0v) is 22.5. The van der Waals surface area contributed by atoms with Crippen molar-refractivity contribution in [2.45, 2.75) is 70.7 Å². The zero-order chi connectivity index (χ0) is 27.3. The minimum atomic E-state index is -4.38. The molecule has 0 radical (unpaired) electrons. The highest BCUT2D eigenvalue weighted by Crippen LogP contribution is 2.34. The standard InChI is InChI=1S/C24H28F3N3O3S.C2H6/c1-6-23(4,22(31)32)33-21-12-11-19(13-15(21)2)34-14-20-16(3)28-30(29(20)5)18-9-7-17(8-10-18)24(25,26)27;1-2/h7-13,20H,6,14H2,1-5H3,(H,31,32);1-2H3. The Labute approximate surface area is 215 Å². The highest BCUT2D eigenvalue weighted by molar-refractivity contribution is 7.99. The summed E-state index contributed by atoms with van der Waals surface area (Å²) in [6.45, 7) is 11.1. The van der Waals surface area contributed by atoms with E-state index in [1.807, 2.05) is 51.9 Å². The SMILES string of the molecule is CC.CCC(C)(Oc1ccc(SCC2C(C)=NN(c3ccc(C(F)(F)F)cc3)N2C)cc1C)C(=O)O. The molecule has 0 saturated heterocycles. The van der Waals surface area contributed by atoms with Gasteiger partial charge in [0.15, 0.2) is 0 Å². The molecular formula is C26H34F3N3O3S. The van der Waals surface area contributed by atoms with E-state index in [0.29, 0.717) is 23.6 Å². The van der Waals surface area contributed by atoms with Crippen molar-refractivity contribution < 1.29 is 27.8 Å². The number of carbonyl (C=O) groups is 1. The Hall–Kier alpha value is -2.72. The van der Waals surface area contributed by atoms with Crippen LogP contribution in [0.3, 0.4) is 0 Å². The van der Waals surface area contributed by atoms with Gasteiger partial charge in [0.1, 0.15) is 5.75 Å². The summed E-state index contributed by atoms with van der Waals surface area (Å²) >= 11 is 1.61. The third-order valence-electron chi connectivity index (χ3n) is 5.93. The average molecular weight is 526 g/mol. The van der Waals surface area contributed by atoms with Crippen molar-refractivity contribution in [1.82, 2.24) is 5.01 Å². The molecule has 6 nitrogen and oxygen atoms in total. The van der Waals surface area contributed by atoms with E-state index in [-0.39, 0.29) is 6.04 Å². The van der Waals surface area contributed by atoms with Gasteiger partial charge in [-0.1, -0.05) is 20.8 Å². The number of ether oxygens (including phenoxy) is 1. The molecule has 0 aromatic heterocycles. The van der Waals surface area contributed by atoms with Crippen LogP contribution in [0.4, 0.5) is 18.9 Å². The average Bonchev–Trinajstić information content (AvgIpc) is 3.13. The number of hydrazine groups is 1. The number of benzene rings is 2. The van der Waals surface area contributed by atoms with Crippen LogP contribution < -0.4 is 9.85 Å². The van der Waals surface area contributed by atoms with Crippen molar-refractivity contribution in [2.75, 3.05) is 17.9 Å². The number of hydrogen-bond acceptors (Lipinski definition) is 6. The van der Waals surface area contributed by atoms with Crippen molar-refractivity contribution in [3.05, 3.63) is 53.6 Å². The largest absolute Gasteiger partial charge is 0.478 e. The molecule has 10 heteroatoms. The minimum absolute atomic E-state index is 0.0427. The highest BCUT2D eigenvalue weighted by atomic mass is 32.2. The number of nitrogens with zero attached hydrogens (tertiary/aromatic N) is 3. The van der Waals surface area contributed by atoms with Crippen LogP contribution in [0, 0.1) is 6.92 Å². The summed E-state index contributed by atoms with van der Waals surface area (Å²) in [5.41, 5.74) is 0.254. The van der Waals surface area contributed by atoms with Crippen molar-refractivity contribution in [1.29, 1.82) is 0 Å². The first kappa shape index (κ1) is 29.5. The monoisotopic (exact) mass is 525 g/mol. The number of halogens is 3. The van der Waals surface area contributed by atoms with E-state index in [1.54, 1.807) is 36.8 Å². The van der Waals surface area contributed by atoms with Gasteiger partial charge in [0.2, 0.25) is 5.60 Å². The smallest absolute Gasteiger partial charge is 0.416 e. The van der Waals surface area contributed by atoms with E-state index in [0.717, 1.165) is 28.3 Å². The second kappa shape index (κ2) is 12.0. The summed E-state index contributed by atoms with van der Waals surface area (Å²) in [7, 11) is 1.85. The van der Waals surface area contributed by atoms with Crippen LogP contribution in [0.5, 0.6) is 5.75 Å². The zero-order valence-electron chi connectivity index (χ0n) is 21.7. The summed E-state index contributed by atoms with van der Waals surface area (Å²) < 4.78 is 44.4. The maximum Gasteiger partial charge on any atom is 0.416 e. The Morgan fingerprint density at radius 2 is 1.75 bits per heavy atom. The molecule has 2 atom stereocenters. The molecule has 1 aliphatic rings. The van der Waals surface area contributed by atoms with Crippen LogP contribution >= 0.6 is 11.8 Å². The van der Waals surface area contributed by atoms with Gasteiger partial charge in [-0.05, 0) is 75.2 Å². The lowest BCUT2D eigenvalue weighted by Crippen LogP contribution is -2.41. The fourth-order valence-electron chi connectivity index (χ4n) is 3.45. The number of carboxylic acids is 1. The minimum Gasteiger partial charge on any atom is -0.478 e. The Morgan fingerprint density at radius 3 is 2.25 bits per heavy atom. The second-order valence-electron chi connectivity index (χ2n) is 8.39. The van der Waals surface area contributed by atoms with E-state index in [4.69, 9.17) is 4.74 Å². The predicted octanol–water partition coefficient (Wildman–Crippen LogP) is 6.88. The third kappa shape index (κ3) is 6.73. The Bertz CT molecular complexity index is 1080. The molecule has 1 heterocycles. The number of anilines is 1. The molecule has 2 aromatic rings. The summed E-state index contributed by atoms with van der Waals surface area (Å²) in [5, 5.41) is 17.5. The Kier molecular flexibility index (Phi) is 9.85. The van der Waals surface area contributed by atoms with E-state index in [1.165, 1.54) is 12.1 Å². The Balaban J connectivity index is 0.00000222. The van der Waals surface area contributed by atoms with Crippen LogP contribution in [0.1, 0.15) is 52.2 Å². The van der Waals surface area contributed by atoms with E-state index >= 15 is 0 Å². The van der Waals surface area contributed by atoms with E-state index < -0.39 is 23.3 Å². The van der Waals surface area contributed by atoms with Crippen LogP contribution in [-0.4, -0.2) is 46.2 Å². The number of aliphatic carboxylic acids is 1. The van der Waals surface area contributed by atoms with Gasteiger partial charge < -0.3 is 9.84 Å². The number of thioether (sulfide) groups is 1. The van der Waals surface area contributed by atoms with Gasteiger partial charge in [-0.2, -0.15) is 28.4 Å². The van der Waals surface area contributed by atoms with Gasteiger partial charge in [-0.15, -0.1) is 11.8 Å². The molecule has 0 bridgehead atoms. The van der Waals surface area contributed by atoms with Crippen molar-refractivity contribution in [3.63, 3.8) is 0 Å². The quantitative estimate of drug-likeness (QED) is 0.379. The molecule has 0 spiro atoms. The molecule has 0 saturated carbocycles. The first-order valence-electron chi connectivity index (χ1n) is 11.8. The molecule has 3 rings (SSSR count). The summed E-state index contributed by atoms with van der Waals surface area (Å²) in [5.74, 6) is 0.189. The molecule has 2 unspecified atom stereocenters. The normalized spacial score (nSPS) is 17.7. The number of carboxylic acid groups (broad SMARTS) is 1. The van der Waals surface area contributed by atoms with Gasteiger partial charge in [0.05, 0.1) is 23.0 Å². The van der Waals surface area contributed by atoms with Gasteiger partial charge in [0, 0.05) is 17.7 Å². The van der Waals surface area contributed by atoms with Crippen molar-refractivity contribution in [3.8, 4) is 5.75 Å². The van der Waals surface area contributed by atoms with Crippen LogP contribution in [0.25, 0.3) is 0 Å². The lowest BCUT2D eigenvalue weighted by Gasteiger charge is -2.28. The second-order valence-corrected chi connectivity index (χ2v) is 9.49.